The number of hydrogen-bond acceptors (Lipinski definition) is 2. The zero-order chi connectivity index (χ0) is 36.2. The van der Waals surface area contributed by atoms with Crippen molar-refractivity contribution in [3.63, 3.8) is 0 Å². The van der Waals surface area contributed by atoms with Crippen molar-refractivity contribution < 1.29 is 4.73 Å². The maximum atomic E-state index is 14.8. The van der Waals surface area contributed by atoms with Crippen molar-refractivity contribution in [2.24, 2.45) is 0 Å². The fourth-order valence-electron chi connectivity index (χ4n) is 7.04. The number of nitrogens with one attached hydrogen (secondary N) is 2. The van der Waals surface area contributed by atoms with Crippen LogP contribution in [0.2, 0.25) is 20.1 Å². The minimum absolute atomic E-state index is 0.469. The van der Waals surface area contributed by atoms with E-state index in [1.165, 1.54) is 0 Å². The standard InChI is InChI=1S/C44H26Cl4N4O/c45-29-9-1-25(2-10-29)41-33-17-18-34(49-33)42(26-3-11-30(46)12-4-26)36-20-22-38(51-36)44(28-7-15-32(48)16-8-28)40-24-23-39(52(40)53)43(37-21-19-35(41)50-37)27-5-13-31(47)14-6-27/h1-24,50-51H. The minimum atomic E-state index is 0.469. The summed E-state index contributed by atoms with van der Waals surface area (Å²) in [5.41, 5.74) is 12.3. The normalized spacial score (nSPS) is 12.1. The zero-order valence-electron chi connectivity index (χ0n) is 27.7. The van der Waals surface area contributed by atoms with Gasteiger partial charge in [0.2, 0.25) is 11.4 Å². The van der Waals surface area contributed by atoms with E-state index in [-0.39, 0.29) is 0 Å². The number of rotatable bonds is 4. The molecule has 53 heavy (non-hydrogen) atoms. The van der Waals surface area contributed by atoms with Gasteiger partial charge < -0.3 is 15.2 Å². The first-order valence-corrected chi connectivity index (χ1v) is 18.3. The lowest BCUT2D eigenvalue weighted by Gasteiger charge is -2.08. The molecular weight excluding hydrogens is 742 g/mol. The molecule has 8 bridgehead atoms. The highest BCUT2D eigenvalue weighted by molar-refractivity contribution is 6.31. The van der Waals surface area contributed by atoms with Crippen molar-refractivity contribution in [3.05, 3.63) is 169 Å². The van der Waals surface area contributed by atoms with E-state index in [1.54, 1.807) is 0 Å². The largest absolute Gasteiger partial charge is 0.618 e. The lowest BCUT2D eigenvalue weighted by molar-refractivity contribution is -0.605. The van der Waals surface area contributed by atoms with E-state index in [1.807, 2.05) is 146 Å². The third kappa shape index (κ3) is 6.12. The summed E-state index contributed by atoms with van der Waals surface area (Å²) in [7, 11) is 0. The Kier molecular flexibility index (Phi) is 8.45. The SMILES string of the molecule is [O-][n+]1c2c(-c3ccc(Cl)cc3)c3ccc([nH]3)c(-c3ccc(Cl)cc3)c3nc(c(-c4ccc(Cl)cc4)c4ccc([nH]4)c(-c4ccc(Cl)cc4)c1C=C2)C=C3. The van der Waals surface area contributed by atoms with Crippen LogP contribution in [0.25, 0.3) is 90.9 Å². The summed E-state index contributed by atoms with van der Waals surface area (Å²) in [5, 5.41) is 17.2. The molecule has 0 saturated carbocycles. The molecule has 0 amide bonds. The average Bonchev–Trinajstić information content (AvgIpc) is 3.99. The van der Waals surface area contributed by atoms with Gasteiger partial charge in [-0.25, -0.2) is 4.98 Å². The Morgan fingerprint density at radius 3 is 0.981 bits per heavy atom. The number of nitrogens with zero attached hydrogens (tertiary/aromatic N) is 2. The Labute approximate surface area is 324 Å². The Morgan fingerprint density at radius 2 is 0.660 bits per heavy atom. The van der Waals surface area contributed by atoms with E-state index in [4.69, 9.17) is 51.4 Å². The molecule has 0 radical (unpaired) electrons. The molecule has 0 atom stereocenters. The molecule has 0 saturated heterocycles. The van der Waals surface area contributed by atoms with Crippen LogP contribution >= 0.6 is 46.4 Å². The molecule has 256 valence electrons. The fourth-order valence-corrected chi connectivity index (χ4v) is 7.54. The number of aromatic amines is 2. The van der Waals surface area contributed by atoms with Crippen LogP contribution in [0.3, 0.4) is 0 Å². The van der Waals surface area contributed by atoms with Crippen molar-refractivity contribution in [1.29, 1.82) is 0 Å². The molecule has 9 rings (SSSR count). The summed E-state index contributed by atoms with van der Waals surface area (Å²) in [4.78, 5) is 12.6. The Morgan fingerprint density at radius 1 is 0.377 bits per heavy atom. The van der Waals surface area contributed by atoms with Crippen LogP contribution in [0.4, 0.5) is 0 Å². The van der Waals surface area contributed by atoms with Gasteiger partial charge in [-0.15, -0.1) is 0 Å². The molecule has 7 aromatic rings. The molecule has 2 aliphatic rings. The third-order valence-electron chi connectivity index (χ3n) is 9.48. The topological polar surface area (TPSA) is 71.4 Å². The molecule has 2 N–H and O–H groups in total. The monoisotopic (exact) mass is 766 g/mol. The first-order chi connectivity index (χ1) is 25.8. The first kappa shape index (κ1) is 33.3. The summed E-state index contributed by atoms with van der Waals surface area (Å²) in [6.45, 7) is 0. The third-order valence-corrected chi connectivity index (χ3v) is 10.5. The average molecular weight is 769 g/mol. The molecule has 5 heterocycles. The van der Waals surface area contributed by atoms with Gasteiger partial charge in [0, 0.05) is 54.4 Å². The van der Waals surface area contributed by atoms with Gasteiger partial charge >= 0.3 is 0 Å². The van der Waals surface area contributed by atoms with Crippen LogP contribution in [-0.4, -0.2) is 15.0 Å². The van der Waals surface area contributed by atoms with E-state index in [2.05, 4.69) is 9.97 Å². The molecule has 0 spiro atoms. The second kappa shape index (κ2) is 13.4. The summed E-state index contributed by atoms with van der Waals surface area (Å²) < 4.78 is 0.999. The van der Waals surface area contributed by atoms with Crippen molar-refractivity contribution in [1.82, 2.24) is 15.0 Å². The van der Waals surface area contributed by atoms with Gasteiger partial charge in [-0.05, 0) is 107 Å². The number of H-pyrrole nitrogens is 2. The van der Waals surface area contributed by atoms with Crippen LogP contribution < -0.4 is 4.73 Å². The maximum Gasteiger partial charge on any atom is 0.227 e. The van der Waals surface area contributed by atoms with Gasteiger partial charge in [0.1, 0.15) is 0 Å². The van der Waals surface area contributed by atoms with Gasteiger partial charge in [0.05, 0.1) is 33.5 Å². The van der Waals surface area contributed by atoms with E-state index in [9.17, 15) is 5.21 Å². The molecular formula is C44H26Cl4N4O. The lowest BCUT2D eigenvalue weighted by Crippen LogP contribution is -2.31. The second-order valence-electron chi connectivity index (χ2n) is 12.7. The summed E-state index contributed by atoms with van der Waals surface area (Å²) in [5.74, 6) is 0. The summed E-state index contributed by atoms with van der Waals surface area (Å²) in [6.07, 6.45) is 7.79. The fraction of sp³-hybridized carbons (Fsp3) is 0. The van der Waals surface area contributed by atoms with Crippen LogP contribution in [0.15, 0.2) is 121 Å². The Balaban J connectivity index is 1.49. The minimum Gasteiger partial charge on any atom is -0.618 e. The van der Waals surface area contributed by atoms with Gasteiger partial charge in [0.25, 0.3) is 0 Å². The lowest BCUT2D eigenvalue weighted by atomic mass is 10.0. The van der Waals surface area contributed by atoms with Crippen LogP contribution in [-0.2, 0) is 0 Å². The van der Waals surface area contributed by atoms with E-state index >= 15 is 0 Å². The molecule has 2 aliphatic heterocycles. The number of aromatic nitrogens is 4. The molecule has 5 nitrogen and oxygen atoms in total. The van der Waals surface area contributed by atoms with Crippen LogP contribution in [0.5, 0.6) is 0 Å². The van der Waals surface area contributed by atoms with Gasteiger partial charge in [0.15, 0.2) is 0 Å². The van der Waals surface area contributed by atoms with Gasteiger partial charge in [-0.2, -0.15) is 4.73 Å². The van der Waals surface area contributed by atoms with Crippen molar-refractivity contribution in [2.45, 2.75) is 0 Å². The molecule has 3 aromatic heterocycles. The number of hydrogen-bond donors (Lipinski definition) is 2. The molecule has 0 unspecified atom stereocenters. The van der Waals surface area contributed by atoms with E-state index in [0.29, 0.717) is 42.6 Å². The smallest absolute Gasteiger partial charge is 0.227 e. The maximum absolute atomic E-state index is 14.8. The molecule has 9 heteroatoms. The van der Waals surface area contributed by atoms with Crippen LogP contribution in [0.1, 0.15) is 22.8 Å². The molecule has 4 aromatic carbocycles. The number of fused-ring (bicyclic) bond motifs is 8. The molecule has 0 fully saturated rings. The Bertz CT molecular complexity index is 2610. The molecule has 0 aliphatic carbocycles. The predicted octanol–water partition coefficient (Wildman–Crippen LogP) is 13.2. The van der Waals surface area contributed by atoms with Gasteiger partial charge in [-0.3, -0.25) is 0 Å². The highest BCUT2D eigenvalue weighted by atomic mass is 35.5. The van der Waals surface area contributed by atoms with Crippen molar-refractivity contribution >= 4 is 92.8 Å². The van der Waals surface area contributed by atoms with E-state index < -0.39 is 0 Å². The summed E-state index contributed by atoms with van der Waals surface area (Å²) in [6, 6.07) is 38.5. The van der Waals surface area contributed by atoms with E-state index in [0.717, 1.165) is 71.6 Å². The first-order valence-electron chi connectivity index (χ1n) is 16.8. The highest BCUT2D eigenvalue weighted by Crippen LogP contribution is 2.38. The zero-order valence-corrected chi connectivity index (χ0v) is 30.7. The van der Waals surface area contributed by atoms with Crippen molar-refractivity contribution in [3.8, 4) is 44.5 Å². The highest BCUT2D eigenvalue weighted by Gasteiger charge is 2.25. The van der Waals surface area contributed by atoms with Gasteiger partial charge in [-0.1, -0.05) is 94.9 Å². The van der Waals surface area contributed by atoms with Crippen molar-refractivity contribution in [2.75, 3.05) is 0 Å². The predicted molar refractivity (Wildman–Crippen MR) is 222 cm³/mol. The number of halogens is 4. The quantitative estimate of drug-likeness (QED) is 0.138. The second-order valence-corrected chi connectivity index (χ2v) is 14.5. The Hall–Kier alpha value is -5.56. The van der Waals surface area contributed by atoms with Crippen LogP contribution in [0, 0.1) is 5.21 Å². The summed E-state index contributed by atoms with van der Waals surface area (Å²) >= 11 is 25.4. The number of benzene rings is 4.